The monoisotopic (exact) mass is 231 g/mol. The molecule has 2 rings (SSSR count). The topological polar surface area (TPSA) is 55.6 Å². The summed E-state index contributed by atoms with van der Waals surface area (Å²) in [4.78, 5) is 8.33. The van der Waals surface area contributed by atoms with Crippen molar-refractivity contribution in [2.45, 2.75) is 25.9 Å². The predicted octanol–water partition coefficient (Wildman–Crippen LogP) is 1.20. The van der Waals surface area contributed by atoms with Gasteiger partial charge in [0.2, 0.25) is 0 Å². The lowest BCUT2D eigenvalue weighted by molar-refractivity contribution is 0.533. The predicted molar refractivity (Wildman–Crippen MR) is 65.4 cm³/mol. The Bertz CT molecular complexity index is 451. The average Bonchev–Trinajstić information content (AvgIpc) is 2.84. The summed E-state index contributed by atoms with van der Waals surface area (Å²) in [6.07, 6.45) is 6.06. The summed E-state index contributed by atoms with van der Waals surface area (Å²) in [5.74, 6) is 1.00. The average molecular weight is 231 g/mol. The van der Waals surface area contributed by atoms with Gasteiger partial charge < -0.3 is 5.32 Å². The van der Waals surface area contributed by atoms with Crippen LogP contribution >= 0.6 is 0 Å². The van der Waals surface area contributed by atoms with Gasteiger partial charge in [0.15, 0.2) is 0 Å². The first kappa shape index (κ1) is 11.7. The summed E-state index contributed by atoms with van der Waals surface area (Å²) in [6, 6.07) is 4.29. The fourth-order valence-corrected chi connectivity index (χ4v) is 1.88. The molecule has 5 heteroatoms. The molecule has 0 fully saturated rings. The van der Waals surface area contributed by atoms with Crippen molar-refractivity contribution < 1.29 is 0 Å². The Kier molecular flexibility index (Phi) is 3.82. The second-order valence-corrected chi connectivity index (χ2v) is 3.82. The van der Waals surface area contributed by atoms with E-state index in [2.05, 4.69) is 27.3 Å². The van der Waals surface area contributed by atoms with Crippen LogP contribution in [-0.2, 0) is 13.0 Å². The molecule has 1 unspecified atom stereocenters. The highest BCUT2D eigenvalue weighted by Crippen LogP contribution is 2.15. The highest BCUT2D eigenvalue weighted by Gasteiger charge is 2.13. The number of nitrogens with zero attached hydrogens (tertiary/aromatic N) is 4. The Hall–Kier alpha value is -1.75. The molecule has 17 heavy (non-hydrogen) atoms. The number of aromatic nitrogens is 4. The van der Waals surface area contributed by atoms with Crippen molar-refractivity contribution in [2.24, 2.45) is 0 Å². The van der Waals surface area contributed by atoms with E-state index in [1.54, 1.807) is 6.33 Å². The zero-order valence-electron chi connectivity index (χ0n) is 10.2. The molecular weight excluding hydrogens is 214 g/mol. The van der Waals surface area contributed by atoms with Crippen LogP contribution in [0, 0.1) is 0 Å². The molecule has 5 nitrogen and oxygen atoms in total. The van der Waals surface area contributed by atoms with Gasteiger partial charge in [0.25, 0.3) is 0 Å². The molecule has 0 amide bonds. The third-order valence-electron chi connectivity index (χ3n) is 2.84. The van der Waals surface area contributed by atoms with E-state index >= 15 is 0 Å². The Balaban J connectivity index is 2.16. The molecule has 90 valence electrons. The highest BCUT2D eigenvalue weighted by molar-refractivity contribution is 5.16. The van der Waals surface area contributed by atoms with Gasteiger partial charge in [0.1, 0.15) is 12.2 Å². The van der Waals surface area contributed by atoms with Gasteiger partial charge in [0.05, 0.1) is 0 Å². The molecule has 1 atom stereocenters. The SMILES string of the molecule is CCn1ncnc1CC(NC)c1ccncc1. The van der Waals surface area contributed by atoms with Crippen LogP contribution in [0.4, 0.5) is 0 Å². The zero-order chi connectivity index (χ0) is 12.1. The molecule has 0 bridgehead atoms. The van der Waals surface area contributed by atoms with E-state index in [0.717, 1.165) is 18.8 Å². The van der Waals surface area contributed by atoms with Gasteiger partial charge in [-0.25, -0.2) is 4.98 Å². The Labute approximate surface area is 101 Å². The quantitative estimate of drug-likeness (QED) is 0.840. The maximum Gasteiger partial charge on any atom is 0.138 e. The van der Waals surface area contributed by atoms with Gasteiger partial charge in [-0.2, -0.15) is 5.10 Å². The molecule has 0 aliphatic heterocycles. The number of rotatable bonds is 5. The van der Waals surface area contributed by atoms with Crippen molar-refractivity contribution in [1.82, 2.24) is 25.1 Å². The van der Waals surface area contributed by atoms with Crippen LogP contribution in [0.5, 0.6) is 0 Å². The van der Waals surface area contributed by atoms with Gasteiger partial charge in [0, 0.05) is 31.4 Å². The highest BCUT2D eigenvalue weighted by atomic mass is 15.3. The van der Waals surface area contributed by atoms with Gasteiger partial charge in [-0.15, -0.1) is 0 Å². The first-order chi connectivity index (χ1) is 8.35. The van der Waals surface area contributed by atoms with E-state index < -0.39 is 0 Å². The number of nitrogens with one attached hydrogen (secondary N) is 1. The maximum atomic E-state index is 4.30. The molecule has 0 aliphatic rings. The molecule has 2 aromatic rings. The molecule has 0 aromatic carbocycles. The molecule has 0 aliphatic carbocycles. The summed E-state index contributed by atoms with van der Waals surface area (Å²) in [6.45, 7) is 2.92. The largest absolute Gasteiger partial charge is 0.313 e. The van der Waals surface area contributed by atoms with Gasteiger partial charge in [-0.3, -0.25) is 9.67 Å². The lowest BCUT2D eigenvalue weighted by atomic mass is 10.1. The minimum Gasteiger partial charge on any atom is -0.313 e. The van der Waals surface area contributed by atoms with E-state index in [-0.39, 0.29) is 6.04 Å². The van der Waals surface area contributed by atoms with Gasteiger partial charge >= 0.3 is 0 Å². The first-order valence-corrected chi connectivity index (χ1v) is 5.79. The molecule has 0 spiro atoms. The van der Waals surface area contributed by atoms with Crippen molar-refractivity contribution in [3.05, 3.63) is 42.2 Å². The minimum absolute atomic E-state index is 0.243. The second-order valence-electron chi connectivity index (χ2n) is 3.82. The summed E-state index contributed by atoms with van der Waals surface area (Å²) >= 11 is 0. The molecule has 0 radical (unpaired) electrons. The molecule has 2 heterocycles. The Morgan fingerprint density at radius 1 is 1.35 bits per heavy atom. The molecule has 2 aromatic heterocycles. The van der Waals surface area contributed by atoms with E-state index in [9.17, 15) is 0 Å². The van der Waals surface area contributed by atoms with Gasteiger partial charge in [-0.1, -0.05) is 0 Å². The van der Waals surface area contributed by atoms with E-state index in [1.165, 1.54) is 5.56 Å². The van der Waals surface area contributed by atoms with Gasteiger partial charge in [-0.05, 0) is 31.7 Å². The number of aryl methyl sites for hydroxylation is 1. The summed E-state index contributed by atoms with van der Waals surface area (Å²) < 4.78 is 1.92. The third kappa shape index (κ3) is 2.68. The third-order valence-corrected chi connectivity index (χ3v) is 2.84. The lowest BCUT2D eigenvalue weighted by Crippen LogP contribution is -2.21. The fraction of sp³-hybridized carbons (Fsp3) is 0.417. The summed E-state index contributed by atoms with van der Waals surface area (Å²) in [5.41, 5.74) is 1.22. The number of pyridine rings is 1. The number of hydrogen-bond acceptors (Lipinski definition) is 4. The molecule has 0 saturated carbocycles. The van der Waals surface area contributed by atoms with Crippen molar-refractivity contribution in [3.8, 4) is 0 Å². The van der Waals surface area contributed by atoms with Crippen molar-refractivity contribution >= 4 is 0 Å². The lowest BCUT2D eigenvalue weighted by Gasteiger charge is -2.16. The Morgan fingerprint density at radius 3 is 2.76 bits per heavy atom. The molecule has 1 N–H and O–H groups in total. The summed E-state index contributed by atoms with van der Waals surface area (Å²) in [5, 5.41) is 7.48. The molecular formula is C12H17N5. The fourth-order valence-electron chi connectivity index (χ4n) is 1.88. The Morgan fingerprint density at radius 2 is 2.12 bits per heavy atom. The van der Waals surface area contributed by atoms with Crippen molar-refractivity contribution in [1.29, 1.82) is 0 Å². The van der Waals surface area contributed by atoms with Crippen LogP contribution in [0.3, 0.4) is 0 Å². The van der Waals surface area contributed by atoms with Crippen LogP contribution in [0.15, 0.2) is 30.9 Å². The van der Waals surface area contributed by atoms with E-state index in [1.807, 2.05) is 36.3 Å². The number of likely N-dealkylation sites (N-methyl/N-ethyl adjacent to an activating group) is 1. The van der Waals surface area contributed by atoms with Crippen molar-refractivity contribution in [2.75, 3.05) is 7.05 Å². The molecule has 0 saturated heterocycles. The second kappa shape index (κ2) is 5.54. The summed E-state index contributed by atoms with van der Waals surface area (Å²) in [7, 11) is 1.96. The van der Waals surface area contributed by atoms with Crippen LogP contribution in [0.2, 0.25) is 0 Å². The normalized spacial score (nSPS) is 12.6. The van der Waals surface area contributed by atoms with Crippen LogP contribution in [-0.4, -0.2) is 26.8 Å². The zero-order valence-corrected chi connectivity index (χ0v) is 10.2. The number of hydrogen-bond donors (Lipinski definition) is 1. The van der Waals surface area contributed by atoms with Crippen LogP contribution in [0.1, 0.15) is 24.4 Å². The first-order valence-electron chi connectivity index (χ1n) is 5.79. The van der Waals surface area contributed by atoms with E-state index in [0.29, 0.717) is 0 Å². The van der Waals surface area contributed by atoms with E-state index in [4.69, 9.17) is 0 Å². The van der Waals surface area contributed by atoms with Crippen molar-refractivity contribution in [3.63, 3.8) is 0 Å². The van der Waals surface area contributed by atoms with Crippen LogP contribution in [0.25, 0.3) is 0 Å². The van der Waals surface area contributed by atoms with Crippen LogP contribution < -0.4 is 5.32 Å². The maximum absolute atomic E-state index is 4.30. The minimum atomic E-state index is 0.243. The smallest absolute Gasteiger partial charge is 0.138 e. The standard InChI is InChI=1S/C12H17N5/c1-3-17-12(15-9-16-17)8-11(13-2)10-4-6-14-7-5-10/h4-7,9,11,13H,3,8H2,1-2H3.